The molecule has 21 heavy (non-hydrogen) atoms. The summed E-state index contributed by atoms with van der Waals surface area (Å²) in [4.78, 5) is 0. The van der Waals surface area contributed by atoms with Crippen molar-refractivity contribution in [2.75, 3.05) is 26.4 Å². The van der Waals surface area contributed by atoms with Crippen LogP contribution in [0.1, 0.15) is 38.7 Å². The maximum atomic E-state index is 8.74. The molecule has 5 heteroatoms. The Morgan fingerprint density at radius 1 is 1.14 bits per heavy atom. The first-order valence-corrected chi connectivity index (χ1v) is 8.00. The molecule has 0 heterocycles. The quantitative estimate of drug-likeness (QED) is 0.615. The van der Waals surface area contributed by atoms with Crippen LogP contribution in [0, 0.1) is 0 Å². The first-order valence-electron chi connectivity index (χ1n) is 7.62. The molecule has 0 spiro atoms. The highest BCUT2D eigenvalue weighted by Crippen LogP contribution is 2.33. The van der Waals surface area contributed by atoms with Crippen LogP contribution >= 0.6 is 11.6 Å². The molecule has 0 amide bonds. The molecule has 1 aromatic rings. The standard InChI is InChI=1S/C16H26ClNO3/c1-3-9-21-16-11-14(17)13(10-15(16)20-4-2)12-18-7-5-6-8-19/h10-11,18-19H,3-9,12H2,1-2H3. The highest BCUT2D eigenvalue weighted by Gasteiger charge is 2.11. The van der Waals surface area contributed by atoms with Crippen LogP contribution in [-0.4, -0.2) is 31.5 Å². The average molecular weight is 316 g/mol. The van der Waals surface area contributed by atoms with Crippen LogP contribution in [0.2, 0.25) is 5.02 Å². The lowest BCUT2D eigenvalue weighted by molar-refractivity contribution is 0.276. The van der Waals surface area contributed by atoms with E-state index in [1.807, 2.05) is 19.1 Å². The molecule has 0 unspecified atom stereocenters. The fraction of sp³-hybridized carbons (Fsp3) is 0.625. The van der Waals surface area contributed by atoms with Crippen molar-refractivity contribution in [3.05, 3.63) is 22.7 Å². The summed E-state index contributed by atoms with van der Waals surface area (Å²) in [6.07, 6.45) is 2.70. The van der Waals surface area contributed by atoms with Gasteiger partial charge in [0.1, 0.15) is 0 Å². The molecule has 0 aliphatic rings. The largest absolute Gasteiger partial charge is 0.490 e. The van der Waals surface area contributed by atoms with Crippen LogP contribution in [0.15, 0.2) is 12.1 Å². The Morgan fingerprint density at radius 3 is 2.57 bits per heavy atom. The minimum absolute atomic E-state index is 0.236. The number of aliphatic hydroxyl groups is 1. The minimum Gasteiger partial charge on any atom is -0.490 e. The fourth-order valence-corrected chi connectivity index (χ4v) is 2.11. The van der Waals surface area contributed by atoms with E-state index in [9.17, 15) is 0 Å². The van der Waals surface area contributed by atoms with Crippen LogP contribution in [0.4, 0.5) is 0 Å². The summed E-state index contributed by atoms with van der Waals surface area (Å²) in [5, 5.41) is 12.7. The van der Waals surface area contributed by atoms with Gasteiger partial charge in [-0.25, -0.2) is 0 Å². The monoisotopic (exact) mass is 315 g/mol. The summed E-state index contributed by atoms with van der Waals surface area (Å²) < 4.78 is 11.3. The molecule has 0 bridgehead atoms. The van der Waals surface area contributed by atoms with Gasteiger partial charge >= 0.3 is 0 Å². The van der Waals surface area contributed by atoms with Crippen LogP contribution in [0.3, 0.4) is 0 Å². The first-order chi connectivity index (χ1) is 10.2. The van der Waals surface area contributed by atoms with Gasteiger partial charge in [0.25, 0.3) is 0 Å². The second kappa shape index (κ2) is 10.7. The maximum Gasteiger partial charge on any atom is 0.162 e. The van der Waals surface area contributed by atoms with Gasteiger partial charge in [-0.2, -0.15) is 0 Å². The third-order valence-corrected chi connectivity index (χ3v) is 3.30. The lowest BCUT2D eigenvalue weighted by Crippen LogP contribution is -2.15. The highest BCUT2D eigenvalue weighted by atomic mass is 35.5. The summed E-state index contributed by atoms with van der Waals surface area (Å²) in [6, 6.07) is 3.77. The van der Waals surface area contributed by atoms with Crippen LogP contribution in [0.5, 0.6) is 11.5 Å². The van der Waals surface area contributed by atoms with Crippen molar-refractivity contribution in [2.24, 2.45) is 0 Å². The number of halogens is 1. The average Bonchev–Trinajstić information content (AvgIpc) is 2.48. The number of aliphatic hydroxyl groups excluding tert-OH is 1. The number of nitrogens with one attached hydrogen (secondary N) is 1. The molecule has 1 rings (SSSR count). The lowest BCUT2D eigenvalue weighted by Gasteiger charge is -2.15. The lowest BCUT2D eigenvalue weighted by atomic mass is 10.2. The number of unbranched alkanes of at least 4 members (excludes halogenated alkanes) is 1. The van der Waals surface area contributed by atoms with E-state index in [4.69, 9.17) is 26.2 Å². The summed E-state index contributed by atoms with van der Waals surface area (Å²) in [7, 11) is 0. The van der Waals surface area contributed by atoms with Crippen molar-refractivity contribution in [3.63, 3.8) is 0 Å². The molecule has 0 atom stereocenters. The Kier molecular flexibility index (Phi) is 9.22. The molecule has 0 aromatic heterocycles. The zero-order valence-corrected chi connectivity index (χ0v) is 13.7. The van der Waals surface area contributed by atoms with E-state index < -0.39 is 0 Å². The van der Waals surface area contributed by atoms with E-state index in [2.05, 4.69) is 12.2 Å². The van der Waals surface area contributed by atoms with Gasteiger partial charge in [-0.15, -0.1) is 0 Å². The van der Waals surface area contributed by atoms with Crippen LogP contribution in [-0.2, 0) is 6.54 Å². The molecular weight excluding hydrogens is 290 g/mol. The van der Waals surface area contributed by atoms with E-state index in [0.29, 0.717) is 30.5 Å². The van der Waals surface area contributed by atoms with Crippen molar-refractivity contribution >= 4 is 11.6 Å². The molecule has 0 fully saturated rings. The SMILES string of the molecule is CCCOc1cc(Cl)c(CNCCCCO)cc1OCC. The zero-order chi connectivity index (χ0) is 15.5. The summed E-state index contributed by atoms with van der Waals surface area (Å²) in [6.45, 7) is 7.02. The van der Waals surface area contributed by atoms with E-state index in [-0.39, 0.29) is 6.61 Å². The van der Waals surface area contributed by atoms with E-state index in [0.717, 1.165) is 37.1 Å². The van der Waals surface area contributed by atoms with Gasteiger partial charge in [-0.3, -0.25) is 0 Å². The smallest absolute Gasteiger partial charge is 0.162 e. The fourth-order valence-electron chi connectivity index (χ4n) is 1.89. The van der Waals surface area contributed by atoms with Crippen molar-refractivity contribution in [1.82, 2.24) is 5.32 Å². The van der Waals surface area contributed by atoms with E-state index in [1.165, 1.54) is 0 Å². The number of ether oxygens (including phenoxy) is 2. The number of benzene rings is 1. The van der Waals surface area contributed by atoms with E-state index in [1.54, 1.807) is 0 Å². The molecule has 2 N–H and O–H groups in total. The number of hydrogen-bond acceptors (Lipinski definition) is 4. The molecule has 0 aliphatic heterocycles. The van der Waals surface area contributed by atoms with Gasteiger partial charge in [0.2, 0.25) is 0 Å². The van der Waals surface area contributed by atoms with Crippen molar-refractivity contribution in [2.45, 2.75) is 39.7 Å². The van der Waals surface area contributed by atoms with Gasteiger partial charge in [0, 0.05) is 24.2 Å². The first kappa shape index (κ1) is 18.1. The van der Waals surface area contributed by atoms with E-state index >= 15 is 0 Å². The summed E-state index contributed by atoms with van der Waals surface area (Å²) in [5.41, 5.74) is 0.993. The Bertz CT molecular complexity index is 413. The molecule has 0 saturated heterocycles. The molecule has 4 nitrogen and oxygen atoms in total. The molecule has 0 aliphatic carbocycles. The topological polar surface area (TPSA) is 50.7 Å². The van der Waals surface area contributed by atoms with Gasteiger partial charge in [0.15, 0.2) is 11.5 Å². The predicted molar refractivity (Wildman–Crippen MR) is 86.4 cm³/mol. The zero-order valence-electron chi connectivity index (χ0n) is 13.0. The van der Waals surface area contributed by atoms with Crippen LogP contribution < -0.4 is 14.8 Å². The van der Waals surface area contributed by atoms with Gasteiger partial charge in [-0.1, -0.05) is 18.5 Å². The predicted octanol–water partition coefficient (Wildman–Crippen LogP) is 3.39. The van der Waals surface area contributed by atoms with Gasteiger partial charge in [-0.05, 0) is 44.4 Å². The van der Waals surface area contributed by atoms with Crippen molar-refractivity contribution in [3.8, 4) is 11.5 Å². The molecule has 0 radical (unpaired) electrons. The van der Waals surface area contributed by atoms with Crippen LogP contribution in [0.25, 0.3) is 0 Å². The third kappa shape index (κ3) is 6.55. The van der Waals surface area contributed by atoms with Crippen molar-refractivity contribution in [1.29, 1.82) is 0 Å². The second-order valence-corrected chi connectivity index (χ2v) is 5.19. The highest BCUT2D eigenvalue weighted by molar-refractivity contribution is 6.31. The Morgan fingerprint density at radius 2 is 1.90 bits per heavy atom. The number of hydrogen-bond donors (Lipinski definition) is 2. The minimum atomic E-state index is 0.236. The Labute approximate surface area is 132 Å². The molecule has 120 valence electrons. The van der Waals surface area contributed by atoms with Gasteiger partial charge in [0.05, 0.1) is 13.2 Å². The van der Waals surface area contributed by atoms with Crippen molar-refractivity contribution < 1.29 is 14.6 Å². The Balaban J connectivity index is 2.68. The normalized spacial score (nSPS) is 10.7. The number of rotatable bonds is 11. The maximum absolute atomic E-state index is 8.74. The Hall–Kier alpha value is -0.970. The van der Waals surface area contributed by atoms with Gasteiger partial charge < -0.3 is 19.9 Å². The molecule has 1 aromatic carbocycles. The molecular formula is C16H26ClNO3. The second-order valence-electron chi connectivity index (χ2n) is 4.78. The summed E-state index contributed by atoms with van der Waals surface area (Å²) in [5.74, 6) is 1.44. The molecule has 0 saturated carbocycles. The third-order valence-electron chi connectivity index (χ3n) is 2.95. The summed E-state index contributed by atoms with van der Waals surface area (Å²) >= 11 is 6.30.